The lowest BCUT2D eigenvalue weighted by Gasteiger charge is -2.51. The van der Waals surface area contributed by atoms with Crippen molar-refractivity contribution in [3.63, 3.8) is 0 Å². The molecule has 3 heterocycles. The summed E-state index contributed by atoms with van der Waals surface area (Å²) in [6.07, 6.45) is 8.29. The summed E-state index contributed by atoms with van der Waals surface area (Å²) in [6, 6.07) is 0.327. The molecule has 1 unspecified atom stereocenters. The lowest BCUT2D eigenvalue weighted by Crippen LogP contribution is -2.53. The first-order valence-corrected chi connectivity index (χ1v) is 19.4. The molecule has 0 bridgehead atoms. The summed E-state index contributed by atoms with van der Waals surface area (Å²) in [6.45, 7) is 5.96. The minimum Gasteiger partial charge on any atom is -0.504 e. The smallest absolute Gasteiger partial charge is 0.340 e. The average molecular weight is 745 g/mol. The second-order valence-electron chi connectivity index (χ2n) is 14.9. The van der Waals surface area contributed by atoms with Gasteiger partial charge in [-0.1, -0.05) is 13.3 Å². The highest BCUT2D eigenvalue weighted by molar-refractivity contribution is 8.00. The van der Waals surface area contributed by atoms with Crippen LogP contribution in [0, 0.1) is 23.2 Å². The second kappa shape index (κ2) is 16.5. The van der Waals surface area contributed by atoms with Crippen molar-refractivity contribution in [3.8, 4) is 0 Å². The molecule has 6 aliphatic rings. The van der Waals surface area contributed by atoms with Gasteiger partial charge in [-0.25, -0.2) is 9.59 Å². The Bertz CT molecular complexity index is 1500. The van der Waals surface area contributed by atoms with Gasteiger partial charge in [0.25, 0.3) is 0 Å². The third-order valence-corrected chi connectivity index (χ3v) is 13.2. The Balaban J connectivity index is 0.901. The van der Waals surface area contributed by atoms with Gasteiger partial charge in [0.1, 0.15) is 6.10 Å². The van der Waals surface area contributed by atoms with E-state index in [0.717, 1.165) is 25.0 Å². The number of ketones is 1. The van der Waals surface area contributed by atoms with Crippen molar-refractivity contribution < 1.29 is 48.3 Å². The topological polar surface area (TPSA) is 194 Å². The number of nitrogens with one attached hydrogen (secondary N) is 4. The Morgan fingerprint density at radius 2 is 1.87 bits per heavy atom. The summed E-state index contributed by atoms with van der Waals surface area (Å²) in [7, 11) is 1.50. The van der Waals surface area contributed by atoms with Crippen molar-refractivity contribution in [1.29, 1.82) is 0 Å². The highest BCUT2D eigenvalue weighted by Gasteiger charge is 2.61. The number of amides is 3. The summed E-state index contributed by atoms with van der Waals surface area (Å²) in [5.74, 6) is -1.02. The SMILES string of the molecule is COC[C@H]1OC(=O)/C(=C\NCCOCCOCCNC(=O)CCCC[C@H]2SC[C@H]3NC(=O)N[C@H]32)C2=C(O)C(=O)C3=C([C]C[C@@]4(C)C3CC[C@@H]4O)[C@]21C. The van der Waals surface area contributed by atoms with Crippen LogP contribution in [-0.2, 0) is 33.3 Å². The highest BCUT2D eigenvalue weighted by Crippen LogP contribution is 2.62. The minimum absolute atomic E-state index is 0.00491. The molecule has 0 aromatic carbocycles. The van der Waals surface area contributed by atoms with E-state index in [0.29, 0.717) is 81.6 Å². The standard InChI is InChI=1S/C37H52N4O10S/c1-36-11-10-23-29(22(36)8-9-26(36)42)32(44)33(45)30-21(34(46)51-27(19-48-3)37(23,30)2)18-38-12-14-49-16-17-50-15-13-39-28(43)7-5-4-6-25-31-24(20-52-25)40-35(47)41-31/h18,22,24-27,31,38,42,45H,4-9,11-17,19-20H2,1-3H3,(H,39,43)(H2,40,41,47)/b21-18-/t22?,24-,25-,26+,27-,31-,36+,37+/m1/s1. The summed E-state index contributed by atoms with van der Waals surface area (Å²) < 4.78 is 22.5. The molecule has 6 N–H and O–H groups in total. The summed E-state index contributed by atoms with van der Waals surface area (Å²) in [5, 5.41) is 34.5. The maximum absolute atomic E-state index is 13.8. The van der Waals surface area contributed by atoms with Crippen LogP contribution in [0.1, 0.15) is 58.8 Å². The van der Waals surface area contributed by atoms with Gasteiger partial charge >= 0.3 is 12.0 Å². The number of rotatable bonds is 17. The van der Waals surface area contributed by atoms with Gasteiger partial charge in [0, 0.05) is 66.8 Å². The number of Topliss-reactive ketones (excluding diaryl/α,β-unsaturated/α-hetero) is 1. The average Bonchev–Trinajstić information content (AvgIpc) is 3.77. The van der Waals surface area contributed by atoms with Crippen molar-refractivity contribution in [2.75, 3.05) is 59.0 Å². The van der Waals surface area contributed by atoms with E-state index < -0.39 is 40.5 Å². The molecule has 0 aromatic heterocycles. The van der Waals surface area contributed by atoms with Crippen molar-refractivity contribution in [2.45, 2.75) is 88.3 Å². The van der Waals surface area contributed by atoms with Gasteiger partial charge in [0.2, 0.25) is 11.7 Å². The number of methoxy groups -OCH3 is 1. The molecular weight excluding hydrogens is 692 g/mol. The van der Waals surface area contributed by atoms with Gasteiger partial charge in [-0.15, -0.1) is 0 Å². The number of fused-ring (bicyclic) bond motifs is 5. The van der Waals surface area contributed by atoms with Gasteiger partial charge in [-0.3, -0.25) is 9.59 Å². The molecule has 4 fully saturated rings. The number of urea groups is 1. The Kier molecular flexibility index (Phi) is 12.2. The number of cyclic esters (lactones) is 1. The second-order valence-corrected chi connectivity index (χ2v) is 16.1. The van der Waals surface area contributed by atoms with E-state index in [4.69, 9.17) is 18.9 Å². The molecule has 15 heteroatoms. The third kappa shape index (κ3) is 7.48. The molecule has 3 aliphatic carbocycles. The molecular formula is C37H52N4O10S. The zero-order chi connectivity index (χ0) is 37.0. The van der Waals surface area contributed by atoms with Gasteiger partial charge in [-0.2, -0.15) is 11.8 Å². The van der Waals surface area contributed by atoms with E-state index in [1.54, 1.807) is 0 Å². The normalized spacial score (nSPS) is 34.4. The number of hydrogen-bond donors (Lipinski definition) is 6. The first kappa shape index (κ1) is 38.6. The molecule has 286 valence electrons. The van der Waals surface area contributed by atoms with Crippen LogP contribution in [0.4, 0.5) is 4.79 Å². The molecule has 3 saturated heterocycles. The first-order valence-electron chi connectivity index (χ1n) is 18.4. The zero-order valence-electron chi connectivity index (χ0n) is 30.2. The van der Waals surface area contributed by atoms with E-state index in [1.807, 2.05) is 25.6 Å². The lowest BCUT2D eigenvalue weighted by atomic mass is 9.54. The number of ether oxygens (including phenoxy) is 4. The van der Waals surface area contributed by atoms with Crippen LogP contribution in [-0.4, -0.2) is 122 Å². The number of hydrogen-bond acceptors (Lipinski definition) is 12. The third-order valence-electron chi connectivity index (χ3n) is 11.6. The van der Waals surface area contributed by atoms with Crippen molar-refractivity contribution in [2.24, 2.45) is 16.7 Å². The molecule has 0 aromatic rings. The van der Waals surface area contributed by atoms with Crippen LogP contribution in [0.2, 0.25) is 0 Å². The quantitative estimate of drug-likeness (QED) is 0.0549. The minimum atomic E-state index is -1.08. The van der Waals surface area contributed by atoms with E-state index in [1.165, 1.54) is 13.3 Å². The van der Waals surface area contributed by atoms with E-state index in [2.05, 4.69) is 27.7 Å². The number of esters is 1. The Morgan fingerprint density at radius 1 is 1.10 bits per heavy atom. The van der Waals surface area contributed by atoms with Crippen LogP contribution < -0.4 is 21.3 Å². The fraction of sp³-hybridized carbons (Fsp3) is 0.703. The number of carbonyl (C=O) groups excluding carboxylic acids is 4. The zero-order valence-corrected chi connectivity index (χ0v) is 31.0. The number of allylic oxidation sites excluding steroid dienone is 1. The largest absolute Gasteiger partial charge is 0.504 e. The van der Waals surface area contributed by atoms with E-state index >= 15 is 0 Å². The Morgan fingerprint density at radius 3 is 2.63 bits per heavy atom. The number of aliphatic hydroxyl groups is 2. The molecule has 52 heavy (non-hydrogen) atoms. The van der Waals surface area contributed by atoms with Gasteiger partial charge in [-0.05, 0) is 50.5 Å². The molecule has 0 spiro atoms. The molecule has 3 amide bonds. The fourth-order valence-electron chi connectivity index (χ4n) is 8.70. The molecule has 2 radical (unpaired) electrons. The van der Waals surface area contributed by atoms with Gasteiger partial charge in [0.05, 0.1) is 62.2 Å². The van der Waals surface area contributed by atoms with Crippen molar-refractivity contribution in [1.82, 2.24) is 21.3 Å². The number of thioether (sulfide) groups is 1. The molecule has 14 nitrogen and oxygen atoms in total. The number of unbranched alkanes of at least 4 members (excludes halogenated alkanes) is 1. The fourth-order valence-corrected chi connectivity index (χ4v) is 10.2. The van der Waals surface area contributed by atoms with Crippen LogP contribution in [0.25, 0.3) is 0 Å². The highest BCUT2D eigenvalue weighted by atomic mass is 32.2. The monoisotopic (exact) mass is 744 g/mol. The summed E-state index contributed by atoms with van der Waals surface area (Å²) in [4.78, 5) is 50.7. The molecule has 1 saturated carbocycles. The van der Waals surface area contributed by atoms with Gasteiger partial charge < -0.3 is 50.4 Å². The molecule has 6 rings (SSSR count). The van der Waals surface area contributed by atoms with E-state index in [9.17, 15) is 29.4 Å². The van der Waals surface area contributed by atoms with Crippen LogP contribution in [0.3, 0.4) is 0 Å². The number of aliphatic hydroxyl groups excluding tert-OH is 2. The Labute approximate surface area is 309 Å². The Hall–Kier alpha value is -3.11. The maximum Gasteiger partial charge on any atom is 0.340 e. The van der Waals surface area contributed by atoms with Crippen LogP contribution in [0.15, 0.2) is 34.3 Å². The van der Waals surface area contributed by atoms with Crippen molar-refractivity contribution in [3.05, 3.63) is 40.7 Å². The van der Waals surface area contributed by atoms with Crippen molar-refractivity contribution >= 4 is 35.5 Å². The predicted octanol–water partition coefficient (Wildman–Crippen LogP) is 1.87. The van der Waals surface area contributed by atoms with Crippen LogP contribution in [0.5, 0.6) is 0 Å². The molecule has 3 aliphatic heterocycles. The lowest BCUT2D eigenvalue weighted by molar-refractivity contribution is -0.156. The maximum atomic E-state index is 13.8. The molecule has 8 atom stereocenters. The van der Waals surface area contributed by atoms with E-state index in [-0.39, 0.29) is 47.7 Å². The summed E-state index contributed by atoms with van der Waals surface area (Å²) >= 11 is 1.88. The number of carbonyl (C=O) groups is 4. The van der Waals surface area contributed by atoms with Gasteiger partial charge in [0.15, 0.2) is 5.76 Å². The first-order chi connectivity index (χ1) is 25.0. The predicted molar refractivity (Wildman–Crippen MR) is 191 cm³/mol. The summed E-state index contributed by atoms with van der Waals surface area (Å²) in [5.41, 5.74) is -0.333. The van der Waals surface area contributed by atoms with Crippen LogP contribution >= 0.6 is 11.8 Å².